The molecule has 0 radical (unpaired) electrons. The minimum atomic E-state index is -0.0166. The monoisotopic (exact) mass is 369 g/mol. The fourth-order valence-electron chi connectivity index (χ4n) is 2.87. The third kappa shape index (κ3) is 4.40. The van der Waals surface area contributed by atoms with Crippen molar-refractivity contribution in [2.24, 2.45) is 0 Å². The first kappa shape index (κ1) is 18.4. The van der Waals surface area contributed by atoms with Gasteiger partial charge in [-0.25, -0.2) is 9.50 Å². The number of carbonyl (C=O) groups is 1. The lowest BCUT2D eigenvalue weighted by Crippen LogP contribution is -2.29. The number of thioether (sulfide) groups is 1. The first-order chi connectivity index (χ1) is 12.6. The molecule has 1 atom stereocenters. The zero-order valence-electron chi connectivity index (χ0n) is 15.3. The van der Waals surface area contributed by atoms with Gasteiger partial charge in [0.05, 0.1) is 11.8 Å². The van der Waals surface area contributed by atoms with Crippen LogP contribution < -0.4 is 5.32 Å². The number of amides is 1. The Morgan fingerprint density at radius 3 is 2.73 bits per heavy atom. The van der Waals surface area contributed by atoms with Gasteiger partial charge in [-0.05, 0) is 31.9 Å². The lowest BCUT2D eigenvalue weighted by molar-refractivity contribution is -0.119. The molecule has 1 unspecified atom stereocenters. The molecule has 26 heavy (non-hydrogen) atoms. The van der Waals surface area contributed by atoms with Crippen LogP contribution in [0.3, 0.4) is 0 Å². The number of carbonyl (C=O) groups excluding carboxylic acids is 1. The van der Waals surface area contributed by atoms with Gasteiger partial charge in [-0.2, -0.15) is 4.98 Å². The van der Waals surface area contributed by atoms with Gasteiger partial charge in [-0.15, -0.1) is 5.10 Å². The van der Waals surface area contributed by atoms with Crippen LogP contribution in [-0.4, -0.2) is 31.2 Å². The summed E-state index contributed by atoms with van der Waals surface area (Å²) in [4.78, 5) is 21.2. The van der Waals surface area contributed by atoms with E-state index in [1.807, 2.05) is 50.2 Å². The molecule has 0 saturated heterocycles. The number of aromatic nitrogens is 4. The van der Waals surface area contributed by atoms with Crippen molar-refractivity contribution in [3.05, 3.63) is 53.3 Å². The van der Waals surface area contributed by atoms with Crippen LogP contribution in [0.5, 0.6) is 0 Å². The fourth-order valence-corrected chi connectivity index (χ4v) is 3.50. The molecule has 0 saturated carbocycles. The number of aryl methyl sites for hydroxylation is 2. The number of benzene rings is 1. The third-order valence-corrected chi connectivity index (χ3v) is 4.88. The predicted molar refractivity (Wildman–Crippen MR) is 103 cm³/mol. The normalized spacial score (nSPS) is 12.3. The molecule has 6 nitrogen and oxygen atoms in total. The van der Waals surface area contributed by atoms with Gasteiger partial charge >= 0.3 is 0 Å². The SMILES string of the molecule is CCCC(NC(=O)CSc1nc2nc(C)cc(C)n2n1)c1ccccc1. The molecule has 0 aliphatic heterocycles. The number of hydrogen-bond donors (Lipinski definition) is 1. The summed E-state index contributed by atoms with van der Waals surface area (Å²) in [5.74, 6) is 0.831. The van der Waals surface area contributed by atoms with Crippen LogP contribution in [0.1, 0.15) is 42.8 Å². The average molecular weight is 369 g/mol. The number of hydrogen-bond acceptors (Lipinski definition) is 5. The Labute approximate surface area is 157 Å². The van der Waals surface area contributed by atoms with Gasteiger partial charge in [0.25, 0.3) is 5.78 Å². The zero-order valence-corrected chi connectivity index (χ0v) is 16.1. The molecule has 0 fully saturated rings. The van der Waals surface area contributed by atoms with E-state index in [0.29, 0.717) is 10.9 Å². The second-order valence-corrected chi connectivity index (χ2v) is 7.20. The van der Waals surface area contributed by atoms with Crippen LogP contribution >= 0.6 is 11.8 Å². The minimum Gasteiger partial charge on any atom is -0.349 e. The average Bonchev–Trinajstić information content (AvgIpc) is 3.04. The van der Waals surface area contributed by atoms with Crippen molar-refractivity contribution in [3.8, 4) is 0 Å². The molecule has 1 N–H and O–H groups in total. The topological polar surface area (TPSA) is 72.2 Å². The first-order valence-corrected chi connectivity index (χ1v) is 9.73. The summed E-state index contributed by atoms with van der Waals surface area (Å²) in [6.45, 7) is 6.01. The Morgan fingerprint density at radius 1 is 1.23 bits per heavy atom. The summed E-state index contributed by atoms with van der Waals surface area (Å²) in [7, 11) is 0. The molecule has 1 aromatic carbocycles. The molecule has 0 spiro atoms. The van der Waals surface area contributed by atoms with Gasteiger partial charge in [0.15, 0.2) is 0 Å². The zero-order chi connectivity index (χ0) is 18.5. The summed E-state index contributed by atoms with van der Waals surface area (Å²) in [6.07, 6.45) is 1.92. The van der Waals surface area contributed by atoms with Crippen LogP contribution in [0.4, 0.5) is 0 Å². The van der Waals surface area contributed by atoms with E-state index in [9.17, 15) is 4.79 Å². The predicted octanol–water partition coefficient (Wildman–Crippen LogP) is 3.49. The molecular formula is C19H23N5OS. The van der Waals surface area contributed by atoms with E-state index in [0.717, 1.165) is 29.8 Å². The van der Waals surface area contributed by atoms with E-state index in [4.69, 9.17) is 0 Å². The Morgan fingerprint density at radius 2 is 2.00 bits per heavy atom. The summed E-state index contributed by atoms with van der Waals surface area (Å²) >= 11 is 1.33. The largest absolute Gasteiger partial charge is 0.349 e. The summed E-state index contributed by atoms with van der Waals surface area (Å²) in [6, 6.07) is 12.1. The molecule has 1 amide bonds. The van der Waals surface area contributed by atoms with Crippen LogP contribution in [-0.2, 0) is 4.79 Å². The van der Waals surface area contributed by atoms with Gasteiger partial charge in [-0.1, -0.05) is 55.4 Å². The Hall–Kier alpha value is -2.41. The highest BCUT2D eigenvalue weighted by Gasteiger charge is 2.15. The van der Waals surface area contributed by atoms with Gasteiger partial charge in [0, 0.05) is 11.4 Å². The maximum absolute atomic E-state index is 12.4. The molecule has 0 aliphatic rings. The van der Waals surface area contributed by atoms with Gasteiger partial charge in [0.1, 0.15) is 0 Å². The second-order valence-electron chi connectivity index (χ2n) is 6.25. The van der Waals surface area contributed by atoms with E-state index in [-0.39, 0.29) is 17.7 Å². The van der Waals surface area contributed by atoms with Crippen LogP contribution in [0.25, 0.3) is 5.78 Å². The maximum Gasteiger partial charge on any atom is 0.253 e. The van der Waals surface area contributed by atoms with Crippen LogP contribution in [0.15, 0.2) is 41.6 Å². The van der Waals surface area contributed by atoms with E-state index in [2.05, 4.69) is 27.3 Å². The molecule has 0 bridgehead atoms. The van der Waals surface area contributed by atoms with Crippen molar-refractivity contribution in [3.63, 3.8) is 0 Å². The molecule has 2 aromatic heterocycles. The minimum absolute atomic E-state index is 0.0166. The second kappa shape index (κ2) is 8.31. The van der Waals surface area contributed by atoms with Crippen LogP contribution in [0, 0.1) is 13.8 Å². The maximum atomic E-state index is 12.4. The summed E-state index contributed by atoms with van der Waals surface area (Å²) in [5, 5.41) is 8.11. The van der Waals surface area contributed by atoms with Gasteiger partial charge < -0.3 is 5.32 Å². The molecule has 2 heterocycles. The Balaban J connectivity index is 1.63. The lowest BCUT2D eigenvalue weighted by atomic mass is 10.0. The molecule has 0 aliphatic carbocycles. The quantitative estimate of drug-likeness (QED) is 0.646. The Bertz CT molecular complexity index is 894. The number of rotatable bonds is 7. The van der Waals surface area contributed by atoms with E-state index in [1.165, 1.54) is 11.8 Å². The van der Waals surface area contributed by atoms with Crippen molar-refractivity contribution >= 4 is 23.4 Å². The standard InChI is InChI=1S/C19H23N5OS/c1-4-8-16(15-9-6-5-7-10-15)21-17(25)12-26-19-22-18-20-13(2)11-14(3)24(18)23-19/h5-7,9-11,16H,4,8,12H2,1-3H3,(H,21,25). The Kier molecular flexibility index (Phi) is 5.88. The summed E-state index contributed by atoms with van der Waals surface area (Å²) < 4.78 is 1.71. The number of fused-ring (bicyclic) bond motifs is 1. The first-order valence-electron chi connectivity index (χ1n) is 8.75. The fraction of sp³-hybridized carbons (Fsp3) is 0.368. The molecule has 7 heteroatoms. The number of nitrogens with one attached hydrogen (secondary N) is 1. The van der Waals surface area contributed by atoms with Crippen LogP contribution in [0.2, 0.25) is 0 Å². The van der Waals surface area contributed by atoms with Crippen molar-refractivity contribution in [1.29, 1.82) is 0 Å². The molecular weight excluding hydrogens is 346 g/mol. The van der Waals surface area contributed by atoms with Gasteiger partial charge in [-0.3, -0.25) is 4.79 Å². The van der Waals surface area contributed by atoms with Crippen molar-refractivity contribution in [2.45, 2.75) is 44.8 Å². The molecule has 3 aromatic rings. The molecule has 136 valence electrons. The third-order valence-electron chi connectivity index (χ3n) is 4.05. The van der Waals surface area contributed by atoms with E-state index >= 15 is 0 Å². The van der Waals surface area contributed by atoms with E-state index < -0.39 is 0 Å². The molecule has 3 rings (SSSR count). The lowest BCUT2D eigenvalue weighted by Gasteiger charge is -2.18. The van der Waals surface area contributed by atoms with E-state index in [1.54, 1.807) is 4.52 Å². The van der Waals surface area contributed by atoms with Crippen molar-refractivity contribution in [1.82, 2.24) is 24.9 Å². The van der Waals surface area contributed by atoms with Crippen molar-refractivity contribution in [2.75, 3.05) is 5.75 Å². The smallest absolute Gasteiger partial charge is 0.253 e. The highest BCUT2D eigenvalue weighted by atomic mass is 32.2. The summed E-state index contributed by atoms with van der Waals surface area (Å²) in [5.41, 5.74) is 3.01. The highest BCUT2D eigenvalue weighted by Crippen LogP contribution is 2.19. The number of nitrogens with zero attached hydrogens (tertiary/aromatic N) is 4. The highest BCUT2D eigenvalue weighted by molar-refractivity contribution is 7.99. The van der Waals surface area contributed by atoms with Gasteiger partial charge in [0.2, 0.25) is 11.1 Å². The van der Waals surface area contributed by atoms with Crippen molar-refractivity contribution < 1.29 is 4.79 Å².